The van der Waals surface area contributed by atoms with Gasteiger partial charge >= 0.3 is 6.18 Å². The molecule has 2 fully saturated rings. The first-order chi connectivity index (χ1) is 14.9. The maximum absolute atomic E-state index is 13.4. The van der Waals surface area contributed by atoms with Gasteiger partial charge in [-0.3, -0.25) is 0 Å². The number of hydrogen-bond donors (Lipinski definition) is 0. The van der Waals surface area contributed by atoms with Crippen LogP contribution < -0.4 is 9.47 Å². The van der Waals surface area contributed by atoms with E-state index in [1.54, 1.807) is 0 Å². The fourth-order valence-corrected chi connectivity index (χ4v) is 5.49. The van der Waals surface area contributed by atoms with Crippen molar-refractivity contribution < 1.29 is 27.0 Å². The molecular weight excluding hydrogens is 408 g/mol. The zero-order valence-electron chi connectivity index (χ0n) is 18.6. The second kappa shape index (κ2) is 11.4. The molecule has 0 aromatic heterocycles. The van der Waals surface area contributed by atoms with Crippen LogP contribution in [0.15, 0.2) is 18.2 Å². The van der Waals surface area contributed by atoms with Gasteiger partial charge in [-0.05, 0) is 80.4 Å². The largest absolute Gasteiger partial charge is 0.493 e. The number of benzene rings is 1. The molecular formula is C25H36F4O2. The second-order valence-electron chi connectivity index (χ2n) is 9.35. The number of alkyl halides is 4. The Morgan fingerprint density at radius 3 is 2.03 bits per heavy atom. The van der Waals surface area contributed by atoms with Crippen LogP contribution in [0.4, 0.5) is 17.6 Å². The minimum Gasteiger partial charge on any atom is -0.493 e. The van der Waals surface area contributed by atoms with Crippen LogP contribution in [0, 0.1) is 23.7 Å². The highest BCUT2D eigenvalue weighted by molar-refractivity contribution is 5.42. The molecule has 2 aliphatic rings. The summed E-state index contributed by atoms with van der Waals surface area (Å²) in [5.41, 5.74) is -0.860. The molecule has 31 heavy (non-hydrogen) atoms. The standard InChI is InChI=1S/C25H36F4O2/c1-2-3-18-4-8-20(9-5-18)21-10-6-19(7-11-21)17-31-24-13-12-22(30-15-14-26)16-23(24)25(27,28)29/h12-13,16,18-21H,2-11,14-15,17H2,1H3. The van der Waals surface area contributed by atoms with E-state index < -0.39 is 18.4 Å². The summed E-state index contributed by atoms with van der Waals surface area (Å²) in [6, 6.07) is 3.60. The molecule has 0 spiro atoms. The first-order valence-electron chi connectivity index (χ1n) is 11.9. The highest BCUT2D eigenvalue weighted by Crippen LogP contribution is 2.43. The second-order valence-corrected chi connectivity index (χ2v) is 9.35. The molecule has 0 amide bonds. The Kier molecular flexibility index (Phi) is 8.91. The van der Waals surface area contributed by atoms with Crippen LogP contribution in [0.3, 0.4) is 0 Å². The zero-order chi connectivity index (χ0) is 22.3. The van der Waals surface area contributed by atoms with Crippen LogP contribution in [0.1, 0.15) is 76.7 Å². The molecule has 0 aliphatic heterocycles. The maximum Gasteiger partial charge on any atom is 0.420 e. The van der Waals surface area contributed by atoms with Crippen LogP contribution in [-0.4, -0.2) is 19.9 Å². The summed E-state index contributed by atoms with van der Waals surface area (Å²) in [6.45, 7) is 1.56. The van der Waals surface area contributed by atoms with E-state index >= 15 is 0 Å². The molecule has 0 N–H and O–H groups in total. The summed E-state index contributed by atoms with van der Waals surface area (Å²) in [4.78, 5) is 0. The summed E-state index contributed by atoms with van der Waals surface area (Å²) in [7, 11) is 0. The topological polar surface area (TPSA) is 18.5 Å². The Labute approximate surface area is 183 Å². The lowest BCUT2D eigenvalue weighted by Gasteiger charge is -2.37. The Hall–Kier alpha value is -1.46. The molecule has 0 radical (unpaired) electrons. The zero-order valence-corrected chi connectivity index (χ0v) is 18.6. The lowest BCUT2D eigenvalue weighted by Crippen LogP contribution is -2.27. The Balaban J connectivity index is 1.48. The Morgan fingerprint density at radius 2 is 1.48 bits per heavy atom. The number of ether oxygens (including phenoxy) is 2. The van der Waals surface area contributed by atoms with Gasteiger partial charge in [0.15, 0.2) is 0 Å². The molecule has 3 rings (SSSR count). The molecule has 2 saturated carbocycles. The van der Waals surface area contributed by atoms with E-state index in [0.29, 0.717) is 12.5 Å². The maximum atomic E-state index is 13.4. The lowest BCUT2D eigenvalue weighted by molar-refractivity contribution is -0.139. The molecule has 0 saturated heterocycles. The van der Waals surface area contributed by atoms with Gasteiger partial charge in [0.1, 0.15) is 30.3 Å². The number of halogens is 4. The third-order valence-corrected chi connectivity index (χ3v) is 7.22. The highest BCUT2D eigenvalue weighted by atomic mass is 19.4. The molecule has 176 valence electrons. The molecule has 1 aromatic carbocycles. The first-order valence-corrected chi connectivity index (χ1v) is 11.9. The molecule has 0 unspecified atom stereocenters. The fourth-order valence-electron chi connectivity index (χ4n) is 5.49. The van der Waals surface area contributed by atoms with Gasteiger partial charge in [-0.25, -0.2) is 4.39 Å². The SMILES string of the molecule is CCCC1CCC(C2CCC(COc3ccc(OCCF)cc3C(F)(F)F)CC2)CC1. The van der Waals surface area contributed by atoms with Crippen LogP contribution in [-0.2, 0) is 6.18 Å². The van der Waals surface area contributed by atoms with Crippen LogP contribution >= 0.6 is 0 Å². The molecule has 0 heterocycles. The van der Waals surface area contributed by atoms with Gasteiger partial charge in [0.05, 0.1) is 6.61 Å². The summed E-state index contributed by atoms with van der Waals surface area (Å²) < 4.78 is 63.2. The van der Waals surface area contributed by atoms with Crippen molar-refractivity contribution in [1.29, 1.82) is 0 Å². The van der Waals surface area contributed by atoms with E-state index in [1.165, 1.54) is 63.5 Å². The van der Waals surface area contributed by atoms with E-state index in [4.69, 9.17) is 9.47 Å². The Bertz CT molecular complexity index is 660. The number of hydrogen-bond acceptors (Lipinski definition) is 2. The minimum absolute atomic E-state index is 0.00601. The lowest BCUT2D eigenvalue weighted by atomic mass is 9.69. The van der Waals surface area contributed by atoms with Crippen molar-refractivity contribution in [3.8, 4) is 11.5 Å². The van der Waals surface area contributed by atoms with E-state index in [-0.39, 0.29) is 18.1 Å². The van der Waals surface area contributed by atoms with Gasteiger partial charge in [-0.15, -0.1) is 0 Å². The highest BCUT2D eigenvalue weighted by Gasteiger charge is 2.36. The quantitative estimate of drug-likeness (QED) is 0.361. The van der Waals surface area contributed by atoms with E-state index in [0.717, 1.165) is 36.7 Å². The van der Waals surface area contributed by atoms with Crippen molar-refractivity contribution >= 4 is 0 Å². The minimum atomic E-state index is -4.54. The summed E-state index contributed by atoms with van der Waals surface area (Å²) >= 11 is 0. The van der Waals surface area contributed by atoms with Gasteiger partial charge in [0.25, 0.3) is 0 Å². The van der Waals surface area contributed by atoms with Gasteiger partial charge in [0, 0.05) is 0 Å². The first kappa shape index (κ1) is 24.2. The van der Waals surface area contributed by atoms with Crippen molar-refractivity contribution in [1.82, 2.24) is 0 Å². The van der Waals surface area contributed by atoms with Gasteiger partial charge in [-0.2, -0.15) is 13.2 Å². The van der Waals surface area contributed by atoms with E-state index in [1.807, 2.05) is 0 Å². The predicted molar refractivity (Wildman–Crippen MR) is 114 cm³/mol. The average molecular weight is 445 g/mol. The van der Waals surface area contributed by atoms with Crippen molar-refractivity contribution in [3.05, 3.63) is 23.8 Å². The molecule has 2 aliphatic carbocycles. The van der Waals surface area contributed by atoms with Gasteiger partial charge < -0.3 is 9.47 Å². The smallest absolute Gasteiger partial charge is 0.420 e. The van der Waals surface area contributed by atoms with Crippen molar-refractivity contribution in [2.75, 3.05) is 19.9 Å². The van der Waals surface area contributed by atoms with Gasteiger partial charge in [0.2, 0.25) is 0 Å². The van der Waals surface area contributed by atoms with Crippen LogP contribution in [0.5, 0.6) is 11.5 Å². The van der Waals surface area contributed by atoms with Crippen molar-refractivity contribution in [2.45, 2.75) is 77.3 Å². The number of rotatable bonds is 9. The van der Waals surface area contributed by atoms with Crippen molar-refractivity contribution in [3.63, 3.8) is 0 Å². The third kappa shape index (κ3) is 7.01. The monoisotopic (exact) mass is 444 g/mol. The molecule has 1 aromatic rings. The molecule has 0 atom stereocenters. The third-order valence-electron chi connectivity index (χ3n) is 7.22. The summed E-state index contributed by atoms with van der Waals surface area (Å²) in [5, 5.41) is 0. The van der Waals surface area contributed by atoms with E-state index in [9.17, 15) is 17.6 Å². The normalized spacial score (nSPS) is 27.1. The summed E-state index contributed by atoms with van der Waals surface area (Å²) in [5.74, 6) is 2.67. The molecule has 6 heteroatoms. The summed E-state index contributed by atoms with van der Waals surface area (Å²) in [6.07, 6.45) is 7.92. The predicted octanol–water partition coefficient (Wildman–Crippen LogP) is 7.85. The molecule has 2 nitrogen and oxygen atoms in total. The van der Waals surface area contributed by atoms with Crippen LogP contribution in [0.2, 0.25) is 0 Å². The van der Waals surface area contributed by atoms with Crippen molar-refractivity contribution in [2.24, 2.45) is 23.7 Å². The fraction of sp³-hybridized carbons (Fsp3) is 0.760. The van der Waals surface area contributed by atoms with Crippen LogP contribution in [0.25, 0.3) is 0 Å². The average Bonchev–Trinajstić information content (AvgIpc) is 2.77. The Morgan fingerprint density at radius 1 is 0.871 bits per heavy atom. The van der Waals surface area contributed by atoms with Gasteiger partial charge in [-0.1, -0.05) is 32.6 Å². The molecule has 0 bridgehead atoms. The van der Waals surface area contributed by atoms with E-state index in [2.05, 4.69) is 6.92 Å².